The third kappa shape index (κ3) is 1.79. The molecule has 2 unspecified atom stereocenters. The molecule has 15 heavy (non-hydrogen) atoms. The minimum absolute atomic E-state index is 0.0533. The van der Waals surface area contributed by atoms with Crippen LogP contribution in [0.5, 0.6) is 5.88 Å². The average Bonchev–Trinajstić information content (AvgIpc) is 2.15. The summed E-state index contributed by atoms with van der Waals surface area (Å²) in [6.07, 6.45) is 1.65. The maximum absolute atomic E-state index is 10.9. The molecule has 1 fully saturated rings. The van der Waals surface area contributed by atoms with Crippen LogP contribution in [-0.4, -0.2) is 23.2 Å². The number of carboxylic acid groups (broad SMARTS) is 1. The summed E-state index contributed by atoms with van der Waals surface area (Å²) < 4.78 is 5.01. The van der Waals surface area contributed by atoms with Crippen molar-refractivity contribution in [1.29, 1.82) is 0 Å². The summed E-state index contributed by atoms with van der Waals surface area (Å²) in [6, 6.07) is 5.47. The Hall–Kier alpha value is -1.58. The summed E-state index contributed by atoms with van der Waals surface area (Å²) >= 11 is 0. The summed E-state index contributed by atoms with van der Waals surface area (Å²) in [5, 5.41) is 8.93. The third-order valence-corrected chi connectivity index (χ3v) is 2.93. The van der Waals surface area contributed by atoms with Gasteiger partial charge >= 0.3 is 5.97 Å². The van der Waals surface area contributed by atoms with Crippen LogP contribution < -0.4 is 4.74 Å². The van der Waals surface area contributed by atoms with E-state index in [1.165, 1.54) is 0 Å². The molecule has 0 spiro atoms. The lowest BCUT2D eigenvalue weighted by Gasteiger charge is -2.32. The van der Waals surface area contributed by atoms with Gasteiger partial charge in [0.05, 0.1) is 13.0 Å². The summed E-state index contributed by atoms with van der Waals surface area (Å²) in [5.41, 5.74) is 0.827. The molecule has 2 rings (SSSR count). The molecule has 1 aliphatic rings. The molecule has 1 N–H and O–H groups in total. The van der Waals surface area contributed by atoms with E-state index in [-0.39, 0.29) is 11.8 Å². The number of carboxylic acids is 1. The lowest BCUT2D eigenvalue weighted by molar-refractivity contribution is -0.145. The number of pyridine rings is 1. The quantitative estimate of drug-likeness (QED) is 0.819. The molecule has 1 saturated carbocycles. The first-order valence-electron chi connectivity index (χ1n) is 4.96. The molecule has 0 bridgehead atoms. The van der Waals surface area contributed by atoms with Gasteiger partial charge in [0, 0.05) is 17.7 Å². The van der Waals surface area contributed by atoms with Crippen LogP contribution in [0.25, 0.3) is 0 Å². The van der Waals surface area contributed by atoms with E-state index in [1.54, 1.807) is 13.2 Å². The number of carbonyl (C=O) groups is 1. The lowest BCUT2D eigenvalue weighted by Crippen LogP contribution is -2.31. The fraction of sp³-hybridized carbons (Fsp3) is 0.455. The number of hydrogen-bond acceptors (Lipinski definition) is 3. The minimum atomic E-state index is -0.726. The molecule has 2 atom stereocenters. The lowest BCUT2D eigenvalue weighted by atomic mass is 9.72. The van der Waals surface area contributed by atoms with Gasteiger partial charge in [0.25, 0.3) is 0 Å². The fourth-order valence-electron chi connectivity index (χ4n) is 1.90. The molecule has 4 heteroatoms. The SMILES string of the molecule is COc1cccc(C2CCC2C(=O)O)n1. The molecular weight excluding hydrogens is 194 g/mol. The Kier molecular flexibility index (Phi) is 2.58. The second-order valence-electron chi connectivity index (χ2n) is 3.73. The number of hydrogen-bond donors (Lipinski definition) is 1. The molecule has 1 aromatic heterocycles. The Morgan fingerprint density at radius 3 is 2.87 bits per heavy atom. The van der Waals surface area contributed by atoms with Gasteiger partial charge in [0.1, 0.15) is 0 Å². The number of aliphatic carboxylic acids is 1. The van der Waals surface area contributed by atoms with E-state index in [1.807, 2.05) is 12.1 Å². The van der Waals surface area contributed by atoms with Gasteiger partial charge in [-0.05, 0) is 18.9 Å². The van der Waals surface area contributed by atoms with Crippen molar-refractivity contribution in [2.75, 3.05) is 7.11 Å². The normalized spacial score (nSPS) is 24.3. The average molecular weight is 207 g/mol. The van der Waals surface area contributed by atoms with Crippen molar-refractivity contribution in [2.45, 2.75) is 18.8 Å². The number of aromatic nitrogens is 1. The van der Waals surface area contributed by atoms with E-state index in [0.29, 0.717) is 5.88 Å². The molecule has 1 aromatic rings. The molecule has 1 aliphatic carbocycles. The van der Waals surface area contributed by atoms with Crippen molar-refractivity contribution in [3.8, 4) is 5.88 Å². The molecule has 0 aliphatic heterocycles. The largest absolute Gasteiger partial charge is 0.481 e. The molecule has 1 heterocycles. The summed E-state index contributed by atoms with van der Waals surface area (Å²) in [4.78, 5) is 15.1. The van der Waals surface area contributed by atoms with Crippen LogP contribution >= 0.6 is 0 Å². The van der Waals surface area contributed by atoms with Crippen LogP contribution in [0.2, 0.25) is 0 Å². The van der Waals surface area contributed by atoms with Gasteiger partial charge < -0.3 is 9.84 Å². The molecule has 0 aromatic carbocycles. The van der Waals surface area contributed by atoms with Crippen LogP contribution in [0.1, 0.15) is 24.5 Å². The first-order chi connectivity index (χ1) is 7.22. The molecular formula is C11H13NO3. The van der Waals surface area contributed by atoms with Gasteiger partial charge in [-0.3, -0.25) is 4.79 Å². The van der Waals surface area contributed by atoms with E-state index in [9.17, 15) is 4.79 Å². The van der Waals surface area contributed by atoms with Crippen molar-refractivity contribution in [2.24, 2.45) is 5.92 Å². The van der Waals surface area contributed by atoms with E-state index >= 15 is 0 Å². The monoisotopic (exact) mass is 207 g/mol. The summed E-state index contributed by atoms with van der Waals surface area (Å²) in [5.74, 6) is -0.401. The van der Waals surface area contributed by atoms with E-state index in [2.05, 4.69) is 4.98 Å². The third-order valence-electron chi connectivity index (χ3n) is 2.93. The first-order valence-corrected chi connectivity index (χ1v) is 4.96. The molecule has 0 amide bonds. The van der Waals surface area contributed by atoms with Gasteiger partial charge in [-0.2, -0.15) is 0 Å². The number of rotatable bonds is 3. The topological polar surface area (TPSA) is 59.4 Å². The highest BCUT2D eigenvalue weighted by Crippen LogP contribution is 2.42. The predicted molar refractivity (Wildman–Crippen MR) is 53.9 cm³/mol. The first kappa shape index (κ1) is 9.96. The highest BCUT2D eigenvalue weighted by atomic mass is 16.5. The second-order valence-corrected chi connectivity index (χ2v) is 3.73. The van der Waals surface area contributed by atoms with Crippen molar-refractivity contribution in [1.82, 2.24) is 4.98 Å². The number of nitrogens with zero attached hydrogens (tertiary/aromatic N) is 1. The van der Waals surface area contributed by atoms with Gasteiger partial charge in [-0.25, -0.2) is 4.98 Å². The van der Waals surface area contributed by atoms with Crippen LogP contribution in [0.4, 0.5) is 0 Å². The van der Waals surface area contributed by atoms with Gasteiger partial charge in [-0.1, -0.05) is 6.07 Å². The van der Waals surface area contributed by atoms with Crippen LogP contribution in [0.3, 0.4) is 0 Å². The van der Waals surface area contributed by atoms with Crippen molar-refractivity contribution in [3.63, 3.8) is 0 Å². The Morgan fingerprint density at radius 1 is 1.53 bits per heavy atom. The minimum Gasteiger partial charge on any atom is -0.481 e. The van der Waals surface area contributed by atoms with Crippen molar-refractivity contribution in [3.05, 3.63) is 23.9 Å². The predicted octanol–water partition coefficient (Wildman–Crippen LogP) is 1.67. The van der Waals surface area contributed by atoms with Crippen molar-refractivity contribution >= 4 is 5.97 Å². The van der Waals surface area contributed by atoms with Gasteiger partial charge in [-0.15, -0.1) is 0 Å². The van der Waals surface area contributed by atoms with Crippen LogP contribution in [-0.2, 0) is 4.79 Å². The number of ether oxygens (including phenoxy) is 1. The molecule has 4 nitrogen and oxygen atoms in total. The molecule has 80 valence electrons. The molecule has 0 saturated heterocycles. The van der Waals surface area contributed by atoms with Crippen LogP contribution in [0, 0.1) is 5.92 Å². The zero-order valence-corrected chi connectivity index (χ0v) is 8.51. The Balaban J connectivity index is 2.19. The zero-order chi connectivity index (χ0) is 10.8. The summed E-state index contributed by atoms with van der Waals surface area (Å²) in [6.45, 7) is 0. The highest BCUT2D eigenvalue weighted by Gasteiger charge is 2.38. The zero-order valence-electron chi connectivity index (χ0n) is 8.51. The standard InChI is InChI=1S/C11H13NO3/c1-15-10-4-2-3-9(12-10)7-5-6-8(7)11(13)14/h2-4,7-8H,5-6H2,1H3,(H,13,14). The fourth-order valence-corrected chi connectivity index (χ4v) is 1.90. The second kappa shape index (κ2) is 3.88. The van der Waals surface area contributed by atoms with Gasteiger partial charge in [0.2, 0.25) is 5.88 Å². The Morgan fingerprint density at radius 2 is 2.33 bits per heavy atom. The van der Waals surface area contributed by atoms with E-state index < -0.39 is 5.97 Å². The Labute approximate surface area is 87.9 Å². The van der Waals surface area contributed by atoms with Crippen LogP contribution in [0.15, 0.2) is 18.2 Å². The maximum Gasteiger partial charge on any atom is 0.307 e. The van der Waals surface area contributed by atoms with Gasteiger partial charge in [0.15, 0.2) is 0 Å². The Bertz CT molecular complexity index is 378. The summed E-state index contributed by atoms with van der Waals surface area (Å²) in [7, 11) is 1.56. The number of methoxy groups -OCH3 is 1. The smallest absolute Gasteiger partial charge is 0.307 e. The molecule has 0 radical (unpaired) electrons. The van der Waals surface area contributed by atoms with E-state index in [4.69, 9.17) is 9.84 Å². The van der Waals surface area contributed by atoms with Crippen molar-refractivity contribution < 1.29 is 14.6 Å². The highest BCUT2D eigenvalue weighted by molar-refractivity contribution is 5.72. The maximum atomic E-state index is 10.9. The van der Waals surface area contributed by atoms with E-state index in [0.717, 1.165) is 18.5 Å².